The molecule has 1 atom stereocenters. The molecule has 0 saturated carbocycles. The molecule has 178 valence electrons. The number of rotatable bonds is 7. The van der Waals surface area contributed by atoms with Crippen molar-refractivity contribution in [1.29, 1.82) is 0 Å². The molecule has 1 N–H and O–H groups in total. The van der Waals surface area contributed by atoms with E-state index in [1.54, 1.807) is 31.2 Å². The average molecular weight is 483 g/mol. The molecule has 2 heterocycles. The maximum absolute atomic E-state index is 13.0. The van der Waals surface area contributed by atoms with Crippen LogP contribution in [0.4, 0.5) is 5.69 Å². The first-order valence-electron chi connectivity index (χ1n) is 11.3. The van der Waals surface area contributed by atoms with Gasteiger partial charge in [-0.1, -0.05) is 22.8 Å². The van der Waals surface area contributed by atoms with E-state index in [0.717, 1.165) is 30.5 Å². The Balaban J connectivity index is 1.37. The van der Waals surface area contributed by atoms with E-state index in [1.165, 1.54) is 0 Å². The molecule has 1 aliphatic rings. The number of nitrogens with one attached hydrogen (secondary N) is 1. The van der Waals surface area contributed by atoms with Crippen molar-refractivity contribution in [2.75, 3.05) is 25.0 Å². The number of esters is 1. The van der Waals surface area contributed by atoms with Gasteiger partial charge in [-0.25, -0.2) is 4.79 Å². The second-order valence-corrected chi connectivity index (χ2v) is 8.77. The Hall–Kier alpha value is -3.23. The van der Waals surface area contributed by atoms with Crippen LogP contribution in [0, 0.1) is 12.8 Å². The highest BCUT2D eigenvalue weighted by molar-refractivity contribution is 6.30. The van der Waals surface area contributed by atoms with Crippen molar-refractivity contribution < 1.29 is 18.8 Å². The van der Waals surface area contributed by atoms with Gasteiger partial charge in [0.15, 0.2) is 0 Å². The number of ether oxygens (including phenoxy) is 1. The number of hydrogen-bond acceptors (Lipinski definition) is 7. The minimum absolute atomic E-state index is 0.0683. The smallest absolute Gasteiger partial charge is 0.338 e. The fourth-order valence-corrected chi connectivity index (χ4v) is 4.10. The Morgan fingerprint density at radius 1 is 1.24 bits per heavy atom. The number of carbonyl (C=O) groups is 2. The van der Waals surface area contributed by atoms with Gasteiger partial charge in [0, 0.05) is 22.8 Å². The first kappa shape index (κ1) is 23.9. The number of nitrogens with zero attached hydrogens (tertiary/aromatic N) is 3. The third-order valence-corrected chi connectivity index (χ3v) is 6.06. The van der Waals surface area contributed by atoms with Gasteiger partial charge >= 0.3 is 5.97 Å². The minimum atomic E-state index is -0.403. The van der Waals surface area contributed by atoms with Gasteiger partial charge in [0.1, 0.15) is 0 Å². The molecule has 0 bridgehead atoms. The highest BCUT2D eigenvalue weighted by Crippen LogP contribution is 2.24. The molecule has 0 aliphatic carbocycles. The van der Waals surface area contributed by atoms with Crippen LogP contribution in [0.3, 0.4) is 0 Å². The number of piperidine rings is 1. The van der Waals surface area contributed by atoms with Crippen LogP contribution in [0.2, 0.25) is 5.02 Å². The van der Waals surface area contributed by atoms with E-state index in [9.17, 15) is 9.59 Å². The number of amides is 1. The molecule has 0 spiro atoms. The lowest BCUT2D eigenvalue weighted by Gasteiger charge is -2.31. The number of aromatic nitrogens is 2. The summed E-state index contributed by atoms with van der Waals surface area (Å²) in [5.41, 5.74) is 2.75. The molecule has 2 aromatic carbocycles. The third kappa shape index (κ3) is 5.81. The van der Waals surface area contributed by atoms with Gasteiger partial charge in [0.05, 0.1) is 24.6 Å². The molecule has 1 unspecified atom stereocenters. The molecular formula is C25H27ClN4O4. The third-order valence-electron chi connectivity index (χ3n) is 5.81. The normalized spacial score (nSPS) is 16.3. The zero-order chi connectivity index (χ0) is 24.1. The Labute approximate surface area is 203 Å². The Kier molecular flexibility index (Phi) is 7.59. The molecule has 1 aromatic heterocycles. The van der Waals surface area contributed by atoms with Crippen LogP contribution in [0.15, 0.2) is 47.0 Å². The number of benzene rings is 2. The highest BCUT2D eigenvalue weighted by atomic mass is 35.5. The van der Waals surface area contributed by atoms with Crippen molar-refractivity contribution in [3.8, 4) is 11.4 Å². The zero-order valence-corrected chi connectivity index (χ0v) is 20.0. The molecule has 1 amide bonds. The van der Waals surface area contributed by atoms with Gasteiger partial charge in [-0.3, -0.25) is 9.69 Å². The second-order valence-electron chi connectivity index (χ2n) is 8.33. The molecule has 4 rings (SSSR count). The highest BCUT2D eigenvalue weighted by Gasteiger charge is 2.27. The average Bonchev–Trinajstić information content (AvgIpc) is 3.29. The van der Waals surface area contributed by atoms with Crippen LogP contribution >= 0.6 is 11.6 Å². The van der Waals surface area contributed by atoms with E-state index in [4.69, 9.17) is 20.9 Å². The predicted octanol–water partition coefficient (Wildman–Crippen LogP) is 4.73. The summed E-state index contributed by atoms with van der Waals surface area (Å²) in [5.74, 6) is 0.359. The first-order chi connectivity index (χ1) is 16.4. The summed E-state index contributed by atoms with van der Waals surface area (Å²) in [4.78, 5) is 31.7. The van der Waals surface area contributed by atoms with E-state index in [2.05, 4.69) is 20.4 Å². The van der Waals surface area contributed by atoms with Crippen LogP contribution < -0.4 is 5.32 Å². The molecule has 34 heavy (non-hydrogen) atoms. The largest absolute Gasteiger partial charge is 0.462 e. The molecule has 1 fully saturated rings. The van der Waals surface area contributed by atoms with Crippen LogP contribution in [0.5, 0.6) is 0 Å². The van der Waals surface area contributed by atoms with Crippen molar-refractivity contribution in [3.05, 3.63) is 64.5 Å². The van der Waals surface area contributed by atoms with Crippen molar-refractivity contribution in [3.63, 3.8) is 0 Å². The van der Waals surface area contributed by atoms with E-state index in [1.807, 2.05) is 25.1 Å². The molecule has 1 aliphatic heterocycles. The molecular weight excluding hydrogens is 456 g/mol. The maximum Gasteiger partial charge on any atom is 0.338 e. The summed E-state index contributed by atoms with van der Waals surface area (Å²) in [6.45, 7) is 5.86. The van der Waals surface area contributed by atoms with Gasteiger partial charge in [-0.05, 0) is 75.2 Å². The topological polar surface area (TPSA) is 97.6 Å². The lowest BCUT2D eigenvalue weighted by Crippen LogP contribution is -2.40. The Morgan fingerprint density at radius 3 is 2.79 bits per heavy atom. The van der Waals surface area contributed by atoms with E-state index in [0.29, 0.717) is 47.7 Å². The number of likely N-dealkylation sites (tertiary alicyclic amines) is 1. The van der Waals surface area contributed by atoms with Crippen molar-refractivity contribution in [2.24, 2.45) is 5.92 Å². The van der Waals surface area contributed by atoms with Crippen LogP contribution in [0.1, 0.15) is 41.6 Å². The number of anilines is 1. The lowest BCUT2D eigenvalue weighted by molar-refractivity contribution is -0.121. The van der Waals surface area contributed by atoms with Crippen molar-refractivity contribution in [2.45, 2.75) is 33.2 Å². The maximum atomic E-state index is 13.0. The van der Waals surface area contributed by atoms with Gasteiger partial charge < -0.3 is 14.6 Å². The van der Waals surface area contributed by atoms with Gasteiger partial charge in [-0.2, -0.15) is 4.98 Å². The summed E-state index contributed by atoms with van der Waals surface area (Å²) < 4.78 is 10.5. The van der Waals surface area contributed by atoms with Gasteiger partial charge in [0.25, 0.3) is 0 Å². The zero-order valence-electron chi connectivity index (χ0n) is 19.2. The minimum Gasteiger partial charge on any atom is -0.462 e. The number of hydrogen-bond donors (Lipinski definition) is 1. The number of carbonyl (C=O) groups excluding carboxylic acids is 2. The summed E-state index contributed by atoms with van der Waals surface area (Å²) in [6, 6.07) is 12.4. The Bertz CT molecular complexity index is 1160. The quantitative estimate of drug-likeness (QED) is 0.486. The van der Waals surface area contributed by atoms with Crippen molar-refractivity contribution in [1.82, 2.24) is 15.0 Å². The SMILES string of the molecule is CCOC(=O)c1ccc(C)c(NC(=O)C2CCCN(Cc3nc(-c4ccc(Cl)cc4)no3)C2)c1. The van der Waals surface area contributed by atoms with E-state index in [-0.39, 0.29) is 11.8 Å². The summed E-state index contributed by atoms with van der Waals surface area (Å²) in [5, 5.41) is 7.71. The second kappa shape index (κ2) is 10.8. The van der Waals surface area contributed by atoms with Crippen LogP contribution in [0.25, 0.3) is 11.4 Å². The fourth-order valence-electron chi connectivity index (χ4n) is 3.97. The first-order valence-corrected chi connectivity index (χ1v) is 11.7. The fraction of sp³-hybridized carbons (Fsp3) is 0.360. The summed E-state index contributed by atoms with van der Waals surface area (Å²) >= 11 is 5.94. The Morgan fingerprint density at radius 2 is 2.03 bits per heavy atom. The van der Waals surface area contributed by atoms with E-state index < -0.39 is 5.97 Å². The standard InChI is InChI=1S/C25H27ClN4O4/c1-3-33-25(32)18-7-6-16(2)21(13-18)27-24(31)19-5-4-12-30(14-19)15-22-28-23(29-34-22)17-8-10-20(26)11-9-17/h6-11,13,19H,3-5,12,14-15H2,1-2H3,(H,27,31). The molecule has 9 heteroatoms. The summed E-state index contributed by atoms with van der Waals surface area (Å²) in [6.07, 6.45) is 1.68. The van der Waals surface area contributed by atoms with Crippen LogP contribution in [-0.2, 0) is 16.1 Å². The molecule has 8 nitrogen and oxygen atoms in total. The monoisotopic (exact) mass is 482 g/mol. The van der Waals surface area contributed by atoms with Gasteiger partial charge in [0.2, 0.25) is 17.6 Å². The van der Waals surface area contributed by atoms with E-state index >= 15 is 0 Å². The van der Waals surface area contributed by atoms with Crippen molar-refractivity contribution >= 4 is 29.2 Å². The molecule has 3 aromatic rings. The number of aryl methyl sites for hydroxylation is 1. The lowest BCUT2D eigenvalue weighted by atomic mass is 9.96. The number of halogens is 1. The van der Waals surface area contributed by atoms with Crippen LogP contribution in [-0.4, -0.2) is 46.6 Å². The predicted molar refractivity (Wildman–Crippen MR) is 129 cm³/mol. The molecule has 0 radical (unpaired) electrons. The molecule has 1 saturated heterocycles. The van der Waals surface area contributed by atoms with Gasteiger partial charge in [-0.15, -0.1) is 0 Å². The summed E-state index contributed by atoms with van der Waals surface area (Å²) in [7, 11) is 0.